The number of amides is 3. The average molecular weight is 1900 g/mol. The fraction of sp³-hybridized carbons (Fsp3) is 0.412. The largest absolute Gasteiger partial charge is 0.486 e. The number of benzene rings is 7. The number of hydrogen-bond donors (Lipinski definition) is 5. The molecular weight excluding hydrogens is 1770 g/mol. The van der Waals surface area contributed by atoms with E-state index in [1.165, 1.54) is 34.2 Å². The smallest absolute Gasteiger partial charge is 0.468 e. The van der Waals surface area contributed by atoms with Gasteiger partial charge in [-0.3, -0.25) is 52.7 Å². The monoisotopic (exact) mass is 1890 g/mol. The third kappa shape index (κ3) is 23.5. The van der Waals surface area contributed by atoms with Crippen LogP contribution in [0.15, 0.2) is 219 Å². The van der Waals surface area contributed by atoms with E-state index >= 15 is 0 Å². The van der Waals surface area contributed by atoms with Crippen molar-refractivity contribution in [3.63, 3.8) is 0 Å². The predicted molar refractivity (Wildman–Crippen MR) is 529 cm³/mol. The van der Waals surface area contributed by atoms with Crippen LogP contribution < -0.4 is 53.5 Å². The number of fused-ring (bicyclic) bond motifs is 6. The number of hydrazine groups is 1. The van der Waals surface area contributed by atoms with Gasteiger partial charge in [-0.05, 0) is 200 Å². The Morgan fingerprint density at radius 3 is 1.48 bits per heavy atom. The topological polar surface area (TPSA) is 333 Å². The second kappa shape index (κ2) is 41.9. The zero-order chi connectivity index (χ0) is 97.2. The lowest BCUT2D eigenvalue weighted by molar-refractivity contribution is -0.157. The number of H-pyrrole nitrogens is 2. The number of rotatable bonds is 17. The van der Waals surface area contributed by atoms with Gasteiger partial charge in [0.25, 0.3) is 39.2 Å². The molecule has 26 nitrogen and oxygen atoms in total. The zero-order valence-corrected chi connectivity index (χ0v) is 84.2. The molecule has 5 bridgehead atoms. The number of esters is 3. The van der Waals surface area contributed by atoms with Crippen LogP contribution in [0.2, 0.25) is 10.1 Å². The van der Waals surface area contributed by atoms with E-state index in [2.05, 4.69) is 161 Å². The molecule has 1 unspecified atom stereocenters. The summed E-state index contributed by atoms with van der Waals surface area (Å²) in [6.45, 7) is 43.1. The molecule has 3 aliphatic heterocycles. The number of aromatic amines is 2. The number of aromatic nitrogens is 6. The van der Waals surface area contributed by atoms with Crippen molar-refractivity contribution >= 4 is 141 Å². The van der Waals surface area contributed by atoms with Crippen molar-refractivity contribution in [3.05, 3.63) is 264 Å². The second-order valence-corrected chi connectivity index (χ2v) is 48.3. The van der Waals surface area contributed by atoms with E-state index in [1.807, 2.05) is 134 Å². The lowest BCUT2D eigenvalue weighted by Gasteiger charge is -2.44. The second-order valence-electron chi connectivity index (χ2n) is 38.9. The molecule has 2 saturated heterocycles. The molecule has 700 valence electrons. The molecular formula is C102H128BBrN10O16Si2. The van der Waals surface area contributed by atoms with Crippen LogP contribution in [0.3, 0.4) is 0 Å². The average Bonchev–Trinajstić information content (AvgIpc) is 1.65. The minimum absolute atomic E-state index is 0.157. The lowest BCUT2D eigenvalue weighted by Crippen LogP contribution is -2.66. The number of nitrogens with one attached hydrogen (secondary N) is 5. The summed E-state index contributed by atoms with van der Waals surface area (Å²) < 4.78 is 43.5. The maximum Gasteiger partial charge on any atom is 0.486 e. The molecule has 6 atom stereocenters. The highest BCUT2D eigenvalue weighted by Crippen LogP contribution is 2.43. The van der Waals surface area contributed by atoms with E-state index in [0.29, 0.717) is 69.3 Å². The van der Waals surface area contributed by atoms with E-state index in [0.717, 1.165) is 20.4 Å². The Morgan fingerprint density at radius 1 is 0.576 bits per heavy atom. The first-order chi connectivity index (χ1) is 61.8. The maximum absolute atomic E-state index is 13.3. The molecule has 132 heavy (non-hydrogen) atoms. The number of ether oxygens (including phenoxy) is 3. The predicted octanol–water partition coefficient (Wildman–Crippen LogP) is 15.2. The van der Waals surface area contributed by atoms with Crippen molar-refractivity contribution in [1.29, 1.82) is 0 Å². The van der Waals surface area contributed by atoms with Gasteiger partial charge in [-0.25, -0.2) is 20.4 Å². The molecule has 0 saturated carbocycles. The summed E-state index contributed by atoms with van der Waals surface area (Å²) in [5.74, 6) is 0.335. The molecule has 6 heterocycles. The molecule has 10 aromatic rings. The van der Waals surface area contributed by atoms with Gasteiger partial charge < -0.3 is 53.0 Å². The SMILES string of the molecule is CC(C)[C@@H]1NC(=O)C(C)(C)/C=C/c2ccc3c(=O)n(C)c(nc3c2)[C@@H](C)OC(=O)C2CCCN(N2)C(=O)[C@H](C)NC1=O.COC(=O)C(C)(C)/C=C/B1OC(C)(C)C(C)(C)O1.COC(=O)C(C)(C)/C=C/c1ccc2c(=O)[nH]c([C@@H](C)O[Si](c3ccccc3)(c3ccccc3)C(C)(C)C)nc2c1.C[C@@H](O[Si](c1ccccc1)(c1ccccc1)C(C)(C)C)c1nc2cc(Br)ccc2c(=O)[nH]1. The maximum atomic E-state index is 13.3. The third-order valence-electron chi connectivity index (χ3n) is 24.6. The first-order valence-corrected chi connectivity index (χ1v) is 49.2. The molecule has 0 radical (unpaired) electrons. The lowest BCUT2D eigenvalue weighted by atomic mass is 9.83. The van der Waals surface area contributed by atoms with Crippen molar-refractivity contribution in [2.24, 2.45) is 29.2 Å². The van der Waals surface area contributed by atoms with E-state index in [1.54, 1.807) is 123 Å². The molecule has 5 N–H and O–H groups in total. The van der Waals surface area contributed by atoms with E-state index < -0.39 is 94.2 Å². The molecule has 7 aromatic carbocycles. The number of carbonyl (C=O) groups excluding carboxylic acids is 6. The highest BCUT2D eigenvalue weighted by atomic mass is 79.9. The standard InChI is InChI=1S/C33H38N2O4Si.C30H40N6O6.C26H27BrN2O2Si.C13H23BO4/c1-23(39-40(32(2,3)4,25-14-10-8-11-15-25)26-16-12-9-13-17-26)29-34-28-22-24(18-19-27(28)30(36)35-29)20-21-33(5,6)31(37)38-7;1-16(2)23-25(37)31-17(3)26(38)36-14-8-9-21(34-36)28(40)42-18(4)24-32-22-15-19(10-11-20(22)27(39)35(24)7)12-13-30(5,6)29(41)33-23;1-18(24-28-23-17-19(27)15-16-22(23)25(30)29-24)31-32(26(2,3)4,20-11-7-5-8-12-20)21-13-9-6-10-14-21;1-11(2,10(15)16-7)8-9-14-17-12(3,4)13(5,6)18-14/h8-23H,1-7H3,(H,34,35,36);10-13,15-18,21,23,34H,8-9,14H2,1-7H3,(H,31,37)(H,33,41);5-18H,1-4H3,(H,28,29,30);8-9H,1-7H3/b21-20+;13-12+;;9-8+/t23-;17-,18+,21?,23-;18-;/m101./s1. The number of nitrogens with zero attached hydrogens (tertiary/aromatic N) is 5. The van der Waals surface area contributed by atoms with Crippen LogP contribution in [0.1, 0.15) is 212 Å². The minimum Gasteiger partial charge on any atom is -0.468 e. The summed E-state index contributed by atoms with van der Waals surface area (Å²) in [5.41, 5.74) is 2.25. The van der Waals surface area contributed by atoms with Gasteiger partial charge in [0.2, 0.25) is 11.8 Å². The molecule has 2 fully saturated rings. The van der Waals surface area contributed by atoms with Crippen molar-refractivity contribution in [2.45, 2.75) is 223 Å². The number of cyclic esters (lactones) is 1. The molecule has 30 heteroatoms. The molecule has 0 aliphatic carbocycles. The quantitative estimate of drug-likeness (QED) is 0.0321. The van der Waals surface area contributed by atoms with Gasteiger partial charge >= 0.3 is 25.0 Å². The Balaban J connectivity index is 0.000000189. The van der Waals surface area contributed by atoms with Crippen molar-refractivity contribution < 1.29 is 61.1 Å². The van der Waals surface area contributed by atoms with Crippen LogP contribution in [0.5, 0.6) is 0 Å². The highest BCUT2D eigenvalue weighted by Gasteiger charge is 2.54. The Hall–Kier alpha value is -11.2. The van der Waals surface area contributed by atoms with Crippen molar-refractivity contribution in [3.8, 4) is 0 Å². The summed E-state index contributed by atoms with van der Waals surface area (Å²) in [6.07, 6.45) is 8.12. The van der Waals surface area contributed by atoms with Crippen LogP contribution >= 0.6 is 15.9 Å². The van der Waals surface area contributed by atoms with Crippen LogP contribution in [-0.4, -0.2) is 144 Å². The Labute approximate surface area is 784 Å². The van der Waals surface area contributed by atoms with Crippen LogP contribution in [0.25, 0.3) is 44.9 Å². The zero-order valence-electron chi connectivity index (χ0n) is 80.6. The fourth-order valence-corrected chi connectivity index (χ4v) is 25.8. The van der Waals surface area contributed by atoms with Gasteiger partial charge in [-0.1, -0.05) is 241 Å². The minimum atomic E-state index is -2.86. The van der Waals surface area contributed by atoms with Crippen LogP contribution in [-0.2, 0) is 68.2 Å². The number of halogens is 1. The van der Waals surface area contributed by atoms with Crippen LogP contribution in [0.4, 0.5) is 0 Å². The van der Waals surface area contributed by atoms with Crippen LogP contribution in [0, 0.1) is 22.2 Å². The van der Waals surface area contributed by atoms with E-state index in [-0.39, 0.29) is 67.5 Å². The molecule has 3 amide bonds. The van der Waals surface area contributed by atoms with E-state index in [4.69, 9.17) is 42.3 Å². The molecule has 3 aliphatic rings. The summed E-state index contributed by atoms with van der Waals surface area (Å²) in [4.78, 5) is 136. The van der Waals surface area contributed by atoms with Gasteiger partial charge in [0.1, 0.15) is 42.0 Å². The summed E-state index contributed by atoms with van der Waals surface area (Å²) in [7, 11) is -1.72. The van der Waals surface area contributed by atoms with Gasteiger partial charge in [-0.15, -0.1) is 0 Å². The molecule has 0 spiro atoms. The summed E-state index contributed by atoms with van der Waals surface area (Å²) in [5, 5.41) is 12.6. The highest BCUT2D eigenvalue weighted by molar-refractivity contribution is 9.10. The third-order valence-corrected chi connectivity index (χ3v) is 35.3. The number of carbonyl (C=O) groups is 6. The van der Waals surface area contributed by atoms with Gasteiger partial charge in [0.05, 0.1) is 74.4 Å². The number of methoxy groups -OCH3 is 2. The Kier molecular flexibility index (Phi) is 32.7. The Bertz CT molecular complexity index is 6020. The summed E-state index contributed by atoms with van der Waals surface area (Å²) in [6, 6.07) is 55.2. The molecule has 3 aromatic heterocycles. The fourth-order valence-electron chi connectivity index (χ4n) is 16.1. The first-order valence-electron chi connectivity index (χ1n) is 44.6. The molecule has 13 rings (SSSR count). The summed E-state index contributed by atoms with van der Waals surface area (Å²) >= 11 is 3.48. The van der Waals surface area contributed by atoms with E-state index in [9.17, 15) is 43.2 Å². The van der Waals surface area contributed by atoms with Gasteiger partial charge in [-0.2, -0.15) is 0 Å². The normalized spacial score (nSPS) is 18.8. The van der Waals surface area contributed by atoms with Crippen molar-refractivity contribution in [1.82, 2.24) is 50.6 Å². The Morgan fingerprint density at radius 2 is 1.02 bits per heavy atom. The number of hydrogen-bond acceptors (Lipinski definition) is 20. The van der Waals surface area contributed by atoms with Gasteiger partial charge in [0, 0.05) is 18.1 Å². The first kappa shape index (κ1) is 103. The van der Waals surface area contributed by atoms with Crippen molar-refractivity contribution in [2.75, 3.05) is 20.8 Å². The van der Waals surface area contributed by atoms with Gasteiger partial charge in [0.15, 0.2) is 11.9 Å².